The van der Waals surface area contributed by atoms with Crippen LogP contribution in [-0.4, -0.2) is 22.1 Å². The van der Waals surface area contributed by atoms with E-state index in [0.717, 1.165) is 12.8 Å². The zero-order valence-electron chi connectivity index (χ0n) is 11.7. The summed E-state index contributed by atoms with van der Waals surface area (Å²) in [5, 5.41) is 5.98. The van der Waals surface area contributed by atoms with Gasteiger partial charge in [0.25, 0.3) is 0 Å². The van der Waals surface area contributed by atoms with Gasteiger partial charge in [-0.05, 0) is 59.6 Å². The highest BCUT2D eigenvalue weighted by Crippen LogP contribution is 2.31. The maximum atomic E-state index is 3.72. The summed E-state index contributed by atoms with van der Waals surface area (Å²) in [6.07, 6.45) is 8.68. The van der Waals surface area contributed by atoms with Crippen molar-refractivity contribution in [3.8, 4) is 0 Å². The van der Waals surface area contributed by atoms with E-state index in [-0.39, 0.29) is 11.1 Å². The first-order valence-corrected chi connectivity index (χ1v) is 6.47. The van der Waals surface area contributed by atoms with Crippen LogP contribution in [0.4, 0.5) is 0 Å². The highest BCUT2D eigenvalue weighted by atomic mass is 15.5. The summed E-state index contributed by atoms with van der Waals surface area (Å²) >= 11 is 0. The Morgan fingerprint density at radius 1 is 1.18 bits per heavy atom. The molecule has 96 valence electrons. The van der Waals surface area contributed by atoms with Gasteiger partial charge in [-0.25, -0.2) is 0 Å². The smallest absolute Gasteiger partial charge is 0.0532 e. The van der Waals surface area contributed by atoms with E-state index in [9.17, 15) is 0 Å². The molecule has 0 unspecified atom stereocenters. The van der Waals surface area contributed by atoms with E-state index in [1.165, 1.54) is 5.70 Å². The number of nitrogens with one attached hydrogen (secondary N) is 2. The Bertz CT molecular complexity index is 336. The summed E-state index contributed by atoms with van der Waals surface area (Å²) in [5.41, 5.74) is 5.03. The molecule has 0 aromatic carbocycles. The molecule has 0 spiro atoms. The molecule has 0 radical (unpaired) electrons. The average molecular weight is 235 g/mol. The van der Waals surface area contributed by atoms with Crippen molar-refractivity contribution in [2.45, 2.75) is 64.6 Å². The van der Waals surface area contributed by atoms with Gasteiger partial charge in [0.2, 0.25) is 0 Å². The van der Waals surface area contributed by atoms with Crippen LogP contribution in [0.25, 0.3) is 0 Å². The summed E-state index contributed by atoms with van der Waals surface area (Å²) in [6, 6.07) is 0.543. The van der Waals surface area contributed by atoms with E-state index >= 15 is 0 Å². The Balaban J connectivity index is 2.11. The molecule has 0 saturated carbocycles. The molecular formula is C14H25N3. The van der Waals surface area contributed by atoms with Crippen LogP contribution in [0.1, 0.15) is 47.5 Å². The summed E-state index contributed by atoms with van der Waals surface area (Å²) in [6.45, 7) is 11.3. The largest absolute Gasteiger partial charge is 0.307 e. The molecule has 0 aliphatic carbocycles. The molecule has 1 saturated heterocycles. The van der Waals surface area contributed by atoms with Gasteiger partial charge in [-0.15, -0.1) is 0 Å². The van der Waals surface area contributed by atoms with Gasteiger partial charge >= 0.3 is 0 Å². The van der Waals surface area contributed by atoms with Gasteiger partial charge in [0, 0.05) is 23.0 Å². The van der Waals surface area contributed by atoms with Gasteiger partial charge in [0.1, 0.15) is 0 Å². The fraction of sp³-hybridized carbons (Fsp3) is 0.714. The SMILES string of the molecule is CC1=CC=CN(C2CC(C)(C)NC(C)(C)C2)N1. The molecule has 2 rings (SSSR count). The minimum absolute atomic E-state index is 0.191. The third-order valence-corrected chi connectivity index (χ3v) is 3.46. The molecule has 0 aromatic rings. The fourth-order valence-electron chi connectivity index (χ4n) is 3.24. The van der Waals surface area contributed by atoms with Crippen LogP contribution in [0.5, 0.6) is 0 Å². The number of hydrogen-bond donors (Lipinski definition) is 2. The molecule has 2 aliphatic heterocycles. The van der Waals surface area contributed by atoms with E-state index in [1.807, 2.05) is 0 Å². The van der Waals surface area contributed by atoms with Crippen molar-refractivity contribution in [1.29, 1.82) is 0 Å². The van der Waals surface area contributed by atoms with E-state index in [4.69, 9.17) is 0 Å². The Hall–Kier alpha value is -0.960. The summed E-state index contributed by atoms with van der Waals surface area (Å²) in [7, 11) is 0. The lowest BCUT2D eigenvalue weighted by Crippen LogP contribution is -2.63. The maximum Gasteiger partial charge on any atom is 0.0532 e. The predicted octanol–water partition coefficient (Wildman–Crippen LogP) is 2.53. The Morgan fingerprint density at radius 2 is 1.76 bits per heavy atom. The lowest BCUT2D eigenvalue weighted by Gasteiger charge is -2.49. The van der Waals surface area contributed by atoms with Crippen LogP contribution < -0.4 is 10.7 Å². The first-order valence-electron chi connectivity index (χ1n) is 6.47. The molecule has 0 bridgehead atoms. The number of nitrogens with zero attached hydrogens (tertiary/aromatic N) is 1. The third-order valence-electron chi connectivity index (χ3n) is 3.46. The van der Waals surface area contributed by atoms with Crippen LogP contribution in [-0.2, 0) is 0 Å². The minimum atomic E-state index is 0.191. The molecule has 1 fully saturated rings. The van der Waals surface area contributed by atoms with Crippen LogP contribution in [0.15, 0.2) is 24.0 Å². The van der Waals surface area contributed by atoms with Crippen molar-refractivity contribution >= 4 is 0 Å². The van der Waals surface area contributed by atoms with Crippen molar-refractivity contribution in [2.24, 2.45) is 0 Å². The summed E-state index contributed by atoms with van der Waals surface area (Å²) in [4.78, 5) is 0. The average Bonchev–Trinajstić information content (AvgIpc) is 2.12. The van der Waals surface area contributed by atoms with Gasteiger partial charge in [-0.2, -0.15) is 0 Å². The van der Waals surface area contributed by atoms with Crippen molar-refractivity contribution in [2.75, 3.05) is 0 Å². The molecule has 2 N–H and O–H groups in total. The molecule has 3 heteroatoms. The molecule has 0 aromatic heterocycles. The maximum absolute atomic E-state index is 3.72. The van der Waals surface area contributed by atoms with Crippen LogP contribution in [0.3, 0.4) is 0 Å². The second-order valence-corrected chi connectivity index (χ2v) is 6.67. The highest BCUT2D eigenvalue weighted by Gasteiger charge is 2.39. The molecular weight excluding hydrogens is 210 g/mol. The number of hydrazine groups is 1. The van der Waals surface area contributed by atoms with Crippen molar-refractivity contribution in [3.05, 3.63) is 24.0 Å². The lowest BCUT2D eigenvalue weighted by atomic mass is 9.79. The minimum Gasteiger partial charge on any atom is -0.307 e. The number of piperidine rings is 1. The van der Waals surface area contributed by atoms with Crippen molar-refractivity contribution in [1.82, 2.24) is 15.8 Å². The van der Waals surface area contributed by atoms with Gasteiger partial charge in [0.05, 0.1) is 6.04 Å². The number of hydrogen-bond acceptors (Lipinski definition) is 3. The Kier molecular flexibility index (Phi) is 2.98. The third kappa shape index (κ3) is 3.03. The molecule has 3 nitrogen and oxygen atoms in total. The molecule has 0 amide bonds. The van der Waals surface area contributed by atoms with Gasteiger partial charge < -0.3 is 10.7 Å². The lowest BCUT2D eigenvalue weighted by molar-refractivity contribution is 0.0725. The van der Waals surface area contributed by atoms with E-state index in [1.54, 1.807) is 0 Å². The van der Waals surface area contributed by atoms with Crippen LogP contribution >= 0.6 is 0 Å². The molecule has 17 heavy (non-hydrogen) atoms. The first-order chi connectivity index (χ1) is 7.77. The molecule has 0 atom stereocenters. The van der Waals surface area contributed by atoms with Crippen molar-refractivity contribution in [3.63, 3.8) is 0 Å². The number of rotatable bonds is 1. The van der Waals surface area contributed by atoms with E-state index < -0.39 is 0 Å². The van der Waals surface area contributed by atoms with Crippen LogP contribution in [0.2, 0.25) is 0 Å². The van der Waals surface area contributed by atoms with Gasteiger partial charge in [-0.1, -0.05) is 0 Å². The van der Waals surface area contributed by atoms with Crippen LogP contribution in [0, 0.1) is 0 Å². The van der Waals surface area contributed by atoms with Crippen molar-refractivity contribution < 1.29 is 0 Å². The number of allylic oxidation sites excluding steroid dienone is 3. The second-order valence-electron chi connectivity index (χ2n) is 6.67. The molecule has 2 heterocycles. The quantitative estimate of drug-likeness (QED) is 0.731. The summed E-state index contributed by atoms with van der Waals surface area (Å²) < 4.78 is 0. The Morgan fingerprint density at radius 3 is 2.29 bits per heavy atom. The first kappa shape index (κ1) is 12.5. The normalized spacial score (nSPS) is 27.6. The Labute approximate surface area is 105 Å². The fourth-order valence-corrected chi connectivity index (χ4v) is 3.24. The predicted molar refractivity (Wildman–Crippen MR) is 72.2 cm³/mol. The van der Waals surface area contributed by atoms with Gasteiger partial charge in [0.15, 0.2) is 0 Å². The zero-order valence-corrected chi connectivity index (χ0v) is 11.7. The standard InChI is InChI=1S/C14H25N3/c1-11-7-6-8-17(15-11)12-9-13(2,3)16-14(4,5)10-12/h6-8,12,15-16H,9-10H2,1-5H3. The van der Waals surface area contributed by atoms with E-state index in [0.29, 0.717) is 6.04 Å². The molecule has 2 aliphatic rings. The summed E-state index contributed by atoms with van der Waals surface area (Å²) in [5.74, 6) is 0. The van der Waals surface area contributed by atoms with Gasteiger partial charge in [-0.3, -0.25) is 5.01 Å². The second kappa shape index (κ2) is 4.05. The zero-order chi connectivity index (χ0) is 12.7. The highest BCUT2D eigenvalue weighted by molar-refractivity contribution is 5.14. The topological polar surface area (TPSA) is 27.3 Å². The monoisotopic (exact) mass is 235 g/mol. The van der Waals surface area contributed by atoms with E-state index in [2.05, 4.69) is 68.7 Å².